The molecule has 0 spiro atoms. The minimum atomic E-state index is 0.468. The van der Waals surface area contributed by atoms with Crippen molar-refractivity contribution in [3.8, 4) is 0 Å². The van der Waals surface area contributed by atoms with Gasteiger partial charge in [-0.25, -0.2) is 0 Å². The molecule has 0 aliphatic carbocycles. The third-order valence-electron chi connectivity index (χ3n) is 3.18. The highest BCUT2D eigenvalue weighted by atomic mass is 14.1. The van der Waals surface area contributed by atoms with Crippen molar-refractivity contribution < 1.29 is 0 Å². The van der Waals surface area contributed by atoms with Crippen LogP contribution in [0.15, 0.2) is 72.8 Å². The largest absolute Gasteiger partial charge is 0.0888 e. The molecule has 0 amide bonds. The van der Waals surface area contributed by atoms with Crippen LogP contribution in [0.4, 0.5) is 0 Å². The summed E-state index contributed by atoms with van der Waals surface area (Å²) in [6.45, 7) is 2.18. The maximum Gasteiger partial charge on any atom is 0.0124 e. The topological polar surface area (TPSA) is 0 Å². The maximum absolute atomic E-state index is 2.30. The fraction of sp³-hybridized carbons (Fsp3) is 0.222. The van der Waals surface area contributed by atoms with Crippen LogP contribution in [0, 0.1) is 0 Å². The van der Waals surface area contributed by atoms with Crippen molar-refractivity contribution in [1.82, 2.24) is 0 Å². The van der Waals surface area contributed by atoms with E-state index >= 15 is 0 Å². The molecule has 2 aromatic carbocycles. The molecule has 0 nitrogen and oxygen atoms in total. The lowest BCUT2D eigenvalue weighted by molar-refractivity contribution is 0.827. The Balaban J connectivity index is 2.26. The van der Waals surface area contributed by atoms with Crippen molar-refractivity contribution in [1.29, 1.82) is 0 Å². The van der Waals surface area contributed by atoms with Gasteiger partial charge < -0.3 is 0 Å². The molecule has 0 aliphatic rings. The van der Waals surface area contributed by atoms with Crippen LogP contribution in [-0.2, 0) is 0 Å². The monoisotopic (exact) mass is 236 g/mol. The summed E-state index contributed by atoms with van der Waals surface area (Å²) in [5, 5.41) is 0. The standard InChI is InChI=1S/C18H20/c1-2-3-6-15-18(16-11-7-4-8-12-16)17-13-9-5-10-14-17/h3-14,18H,2,15H2,1H3/b6-3+. The molecule has 0 heterocycles. The Bertz CT molecular complexity index is 428. The van der Waals surface area contributed by atoms with Gasteiger partial charge in [0.15, 0.2) is 0 Å². The highest BCUT2D eigenvalue weighted by Crippen LogP contribution is 2.28. The predicted molar refractivity (Wildman–Crippen MR) is 78.8 cm³/mol. The van der Waals surface area contributed by atoms with Crippen LogP contribution in [0.2, 0.25) is 0 Å². The quantitative estimate of drug-likeness (QED) is 0.628. The molecule has 0 fully saturated rings. The normalized spacial score (nSPS) is 11.2. The zero-order valence-corrected chi connectivity index (χ0v) is 10.9. The lowest BCUT2D eigenvalue weighted by Crippen LogP contribution is -1.99. The summed E-state index contributed by atoms with van der Waals surface area (Å²) >= 11 is 0. The van der Waals surface area contributed by atoms with E-state index in [2.05, 4.69) is 79.7 Å². The molecule has 92 valence electrons. The summed E-state index contributed by atoms with van der Waals surface area (Å²) in [7, 11) is 0. The maximum atomic E-state index is 2.30. The molecule has 0 aliphatic heterocycles. The Kier molecular flexibility index (Phi) is 4.78. The molecule has 2 aromatic rings. The first kappa shape index (κ1) is 12.6. The Hall–Kier alpha value is -1.82. The third-order valence-corrected chi connectivity index (χ3v) is 3.18. The number of rotatable bonds is 5. The van der Waals surface area contributed by atoms with Crippen molar-refractivity contribution in [3.05, 3.63) is 83.9 Å². The van der Waals surface area contributed by atoms with Gasteiger partial charge in [-0.15, -0.1) is 0 Å². The Morgan fingerprint density at radius 3 is 1.72 bits per heavy atom. The van der Waals surface area contributed by atoms with Crippen molar-refractivity contribution in [2.24, 2.45) is 0 Å². The molecule has 0 N–H and O–H groups in total. The van der Waals surface area contributed by atoms with E-state index in [1.807, 2.05) is 0 Å². The molecule has 0 unspecified atom stereocenters. The van der Waals surface area contributed by atoms with Gasteiger partial charge in [-0.2, -0.15) is 0 Å². The predicted octanol–water partition coefficient (Wildman–Crippen LogP) is 5.17. The second-order valence-electron chi connectivity index (χ2n) is 4.49. The van der Waals surface area contributed by atoms with Gasteiger partial charge in [0, 0.05) is 5.92 Å². The summed E-state index contributed by atoms with van der Waals surface area (Å²) in [6, 6.07) is 21.5. The van der Waals surface area contributed by atoms with Gasteiger partial charge in [0.1, 0.15) is 0 Å². The average molecular weight is 236 g/mol. The van der Waals surface area contributed by atoms with Gasteiger partial charge >= 0.3 is 0 Å². The number of hydrogen-bond acceptors (Lipinski definition) is 0. The summed E-state index contributed by atoms with van der Waals surface area (Å²) < 4.78 is 0. The lowest BCUT2D eigenvalue weighted by atomic mass is 9.88. The second-order valence-corrected chi connectivity index (χ2v) is 4.49. The van der Waals surface area contributed by atoms with E-state index in [-0.39, 0.29) is 0 Å². The molecule has 0 aromatic heterocycles. The smallest absolute Gasteiger partial charge is 0.0124 e. The van der Waals surface area contributed by atoms with Gasteiger partial charge in [-0.3, -0.25) is 0 Å². The molecule has 0 heteroatoms. The molecule has 18 heavy (non-hydrogen) atoms. The van der Waals surface area contributed by atoms with E-state index in [4.69, 9.17) is 0 Å². The van der Waals surface area contributed by atoms with Gasteiger partial charge in [0.25, 0.3) is 0 Å². The molecule has 0 radical (unpaired) electrons. The molecule has 2 rings (SSSR count). The summed E-state index contributed by atoms with van der Waals surface area (Å²) in [4.78, 5) is 0. The van der Waals surface area contributed by atoms with E-state index in [1.54, 1.807) is 0 Å². The highest BCUT2D eigenvalue weighted by molar-refractivity contribution is 5.32. The van der Waals surface area contributed by atoms with Crippen LogP contribution in [-0.4, -0.2) is 0 Å². The van der Waals surface area contributed by atoms with E-state index < -0.39 is 0 Å². The van der Waals surface area contributed by atoms with E-state index in [9.17, 15) is 0 Å². The first-order valence-corrected chi connectivity index (χ1v) is 6.66. The fourth-order valence-corrected chi connectivity index (χ4v) is 2.23. The molecule has 0 saturated carbocycles. The van der Waals surface area contributed by atoms with Crippen LogP contribution in [0.3, 0.4) is 0 Å². The first-order chi connectivity index (χ1) is 8.92. The molecule has 0 saturated heterocycles. The minimum absolute atomic E-state index is 0.468. The van der Waals surface area contributed by atoms with E-state index in [1.165, 1.54) is 11.1 Å². The van der Waals surface area contributed by atoms with Crippen LogP contribution < -0.4 is 0 Å². The lowest BCUT2D eigenvalue weighted by Gasteiger charge is -2.16. The van der Waals surface area contributed by atoms with Gasteiger partial charge in [0.05, 0.1) is 0 Å². The summed E-state index contributed by atoms with van der Waals surface area (Å²) in [5.74, 6) is 0.468. The SMILES string of the molecule is CC/C=C/CC(c1ccccc1)c1ccccc1. The number of allylic oxidation sites excluding steroid dienone is 2. The first-order valence-electron chi connectivity index (χ1n) is 6.66. The van der Waals surface area contributed by atoms with Crippen LogP contribution >= 0.6 is 0 Å². The zero-order valence-electron chi connectivity index (χ0n) is 10.9. The van der Waals surface area contributed by atoms with Crippen LogP contribution in [0.25, 0.3) is 0 Å². The summed E-state index contributed by atoms with van der Waals surface area (Å²) in [6.07, 6.45) is 6.72. The van der Waals surface area contributed by atoms with Crippen LogP contribution in [0.5, 0.6) is 0 Å². The Labute approximate surface area is 110 Å². The molecular weight excluding hydrogens is 216 g/mol. The number of hydrogen-bond donors (Lipinski definition) is 0. The van der Waals surface area contributed by atoms with Crippen molar-refractivity contribution in [3.63, 3.8) is 0 Å². The molecule has 0 bridgehead atoms. The zero-order chi connectivity index (χ0) is 12.6. The third kappa shape index (κ3) is 3.33. The van der Waals surface area contributed by atoms with E-state index in [0.717, 1.165) is 12.8 Å². The summed E-state index contributed by atoms with van der Waals surface area (Å²) in [5.41, 5.74) is 2.79. The van der Waals surface area contributed by atoms with Gasteiger partial charge in [0.2, 0.25) is 0 Å². The van der Waals surface area contributed by atoms with Gasteiger partial charge in [-0.05, 0) is 24.0 Å². The van der Waals surface area contributed by atoms with Gasteiger partial charge in [-0.1, -0.05) is 79.7 Å². The Morgan fingerprint density at radius 2 is 1.28 bits per heavy atom. The van der Waals surface area contributed by atoms with Crippen LogP contribution in [0.1, 0.15) is 36.8 Å². The highest BCUT2D eigenvalue weighted by Gasteiger charge is 2.11. The molecular formula is C18H20. The van der Waals surface area contributed by atoms with Crippen molar-refractivity contribution in [2.45, 2.75) is 25.7 Å². The van der Waals surface area contributed by atoms with Crippen molar-refractivity contribution in [2.75, 3.05) is 0 Å². The Morgan fingerprint density at radius 1 is 0.778 bits per heavy atom. The average Bonchev–Trinajstić information content (AvgIpc) is 2.46. The number of benzene rings is 2. The molecule has 0 atom stereocenters. The van der Waals surface area contributed by atoms with E-state index in [0.29, 0.717) is 5.92 Å². The second kappa shape index (κ2) is 6.80. The minimum Gasteiger partial charge on any atom is -0.0888 e. The fourth-order valence-electron chi connectivity index (χ4n) is 2.23. The van der Waals surface area contributed by atoms with Crippen molar-refractivity contribution >= 4 is 0 Å².